The van der Waals surface area contributed by atoms with Crippen LogP contribution in [0.5, 0.6) is 0 Å². The normalized spacial score (nSPS) is 8.67. The summed E-state index contributed by atoms with van der Waals surface area (Å²) >= 11 is 0. The smallest absolute Gasteiger partial charge is 0.234 e. The summed E-state index contributed by atoms with van der Waals surface area (Å²) in [6.07, 6.45) is 5.04. The van der Waals surface area contributed by atoms with E-state index in [4.69, 9.17) is 0 Å². The molecule has 0 fully saturated rings. The zero-order valence-electron chi connectivity index (χ0n) is 6.04. The van der Waals surface area contributed by atoms with Crippen molar-refractivity contribution >= 4 is 18.6 Å². The second-order valence-corrected chi connectivity index (χ2v) is 1.79. The van der Waals surface area contributed by atoms with Gasteiger partial charge in [0, 0.05) is 12.4 Å². The number of hydrogen-bond donors (Lipinski definition) is 1. The molecule has 1 heterocycles. The molecular weight excluding hydrogens is 160 g/mol. The average Bonchev–Trinajstić information content (AvgIpc) is 2.15. The first kappa shape index (κ1) is 8.12. The molecule has 1 aromatic rings. The fourth-order valence-corrected chi connectivity index (χ4v) is 0.623. The number of nitrogens with zero attached hydrogens (tertiary/aromatic N) is 3. The van der Waals surface area contributed by atoms with Gasteiger partial charge in [-0.25, -0.2) is 9.99 Å². The Morgan fingerprint density at radius 2 is 2.25 bits per heavy atom. The number of aromatic nitrogens is 2. The predicted molar refractivity (Wildman–Crippen MR) is 39.8 cm³/mol. The highest BCUT2D eigenvalue weighted by molar-refractivity contribution is 5.74. The van der Waals surface area contributed by atoms with Crippen LogP contribution in [0.25, 0.3) is 0 Å². The Morgan fingerprint density at radius 1 is 1.42 bits per heavy atom. The molecule has 0 spiro atoms. The van der Waals surface area contributed by atoms with Crippen LogP contribution >= 0.6 is 0 Å². The maximum Gasteiger partial charge on any atom is 0.234 e. The highest BCUT2D eigenvalue weighted by Crippen LogP contribution is 2.00. The minimum Gasteiger partial charge on any atom is -0.277 e. The summed E-state index contributed by atoms with van der Waals surface area (Å²) in [6.45, 7) is 0. The standard InChI is InChI=1S/C6H6N4O2/c11-4-9-10(5-12)6-3-7-1-2-8-6/h1-5H,(H,9,11). The third kappa shape index (κ3) is 1.75. The Bertz CT molecular complexity index is 264. The first-order valence-electron chi connectivity index (χ1n) is 3.09. The minimum atomic E-state index is 0.264. The molecule has 62 valence electrons. The number of rotatable bonds is 4. The van der Waals surface area contributed by atoms with Crippen molar-refractivity contribution in [2.24, 2.45) is 0 Å². The molecule has 0 atom stereocenters. The van der Waals surface area contributed by atoms with E-state index in [0.717, 1.165) is 5.01 Å². The lowest BCUT2D eigenvalue weighted by Crippen LogP contribution is -2.36. The number of hydrogen-bond acceptors (Lipinski definition) is 4. The van der Waals surface area contributed by atoms with E-state index in [0.29, 0.717) is 12.8 Å². The molecule has 0 aliphatic rings. The summed E-state index contributed by atoms with van der Waals surface area (Å²) in [7, 11) is 0. The molecule has 0 aromatic carbocycles. The summed E-state index contributed by atoms with van der Waals surface area (Å²) in [5.41, 5.74) is 2.13. The molecule has 0 bridgehead atoms. The molecule has 6 nitrogen and oxygen atoms in total. The van der Waals surface area contributed by atoms with Gasteiger partial charge in [0.05, 0.1) is 6.20 Å². The van der Waals surface area contributed by atoms with Crippen molar-refractivity contribution < 1.29 is 9.59 Å². The monoisotopic (exact) mass is 166 g/mol. The van der Waals surface area contributed by atoms with Gasteiger partial charge in [-0.3, -0.25) is 20.0 Å². The van der Waals surface area contributed by atoms with Gasteiger partial charge in [-0.1, -0.05) is 0 Å². The zero-order valence-corrected chi connectivity index (χ0v) is 6.04. The van der Waals surface area contributed by atoms with Crippen LogP contribution < -0.4 is 10.4 Å². The molecule has 1 rings (SSSR count). The van der Waals surface area contributed by atoms with Gasteiger partial charge in [0.15, 0.2) is 5.82 Å². The van der Waals surface area contributed by atoms with Crippen molar-refractivity contribution in [2.75, 3.05) is 5.01 Å². The molecule has 0 aliphatic heterocycles. The number of anilines is 1. The second kappa shape index (κ2) is 4.02. The zero-order chi connectivity index (χ0) is 8.81. The van der Waals surface area contributed by atoms with Crippen molar-refractivity contribution in [3.05, 3.63) is 18.6 Å². The number of hydrazine groups is 1. The molecule has 1 N–H and O–H groups in total. The summed E-state index contributed by atoms with van der Waals surface area (Å²) in [5, 5.41) is 0.917. The van der Waals surface area contributed by atoms with E-state index in [-0.39, 0.29) is 5.82 Å². The molecular formula is C6H6N4O2. The molecule has 12 heavy (non-hydrogen) atoms. The fraction of sp³-hybridized carbons (Fsp3) is 0. The van der Waals surface area contributed by atoms with Crippen LogP contribution in [-0.2, 0) is 9.59 Å². The second-order valence-electron chi connectivity index (χ2n) is 1.79. The Morgan fingerprint density at radius 3 is 2.75 bits per heavy atom. The predicted octanol–water partition coefficient (Wildman–Crippen LogP) is -0.900. The Kier molecular flexibility index (Phi) is 2.72. The fourth-order valence-electron chi connectivity index (χ4n) is 0.623. The van der Waals surface area contributed by atoms with Crippen LogP contribution in [-0.4, -0.2) is 22.8 Å². The third-order valence-electron chi connectivity index (χ3n) is 1.09. The van der Waals surface area contributed by atoms with Gasteiger partial charge < -0.3 is 0 Å². The van der Waals surface area contributed by atoms with Crippen LogP contribution in [0.3, 0.4) is 0 Å². The van der Waals surface area contributed by atoms with Gasteiger partial charge in [0.2, 0.25) is 12.8 Å². The Hall–Kier alpha value is -1.98. The minimum absolute atomic E-state index is 0.264. The lowest BCUT2D eigenvalue weighted by atomic mass is 10.6. The molecule has 1 aromatic heterocycles. The van der Waals surface area contributed by atoms with Gasteiger partial charge in [-0.15, -0.1) is 0 Å². The van der Waals surface area contributed by atoms with E-state index in [1.165, 1.54) is 18.6 Å². The van der Waals surface area contributed by atoms with Gasteiger partial charge >= 0.3 is 0 Å². The first-order chi connectivity index (χ1) is 5.88. The van der Waals surface area contributed by atoms with Gasteiger partial charge in [0.1, 0.15) is 0 Å². The van der Waals surface area contributed by atoms with E-state index in [1.807, 2.05) is 0 Å². The van der Waals surface area contributed by atoms with Crippen molar-refractivity contribution in [2.45, 2.75) is 0 Å². The van der Waals surface area contributed by atoms with E-state index in [9.17, 15) is 9.59 Å². The molecule has 0 radical (unpaired) electrons. The summed E-state index contributed by atoms with van der Waals surface area (Å²) in [6, 6.07) is 0. The van der Waals surface area contributed by atoms with E-state index >= 15 is 0 Å². The molecule has 0 saturated carbocycles. The molecule has 6 heteroatoms. The highest BCUT2D eigenvalue weighted by atomic mass is 16.2. The lowest BCUT2D eigenvalue weighted by Gasteiger charge is -2.11. The Labute approximate surface area is 68.2 Å². The molecule has 0 saturated heterocycles. The SMILES string of the molecule is O=CNN(C=O)c1cnccn1. The summed E-state index contributed by atoms with van der Waals surface area (Å²) in [5.74, 6) is 0.264. The summed E-state index contributed by atoms with van der Waals surface area (Å²) in [4.78, 5) is 27.8. The lowest BCUT2D eigenvalue weighted by molar-refractivity contribution is -0.113. The van der Waals surface area contributed by atoms with Crippen LogP contribution in [0.15, 0.2) is 18.6 Å². The van der Waals surface area contributed by atoms with Crippen molar-refractivity contribution in [1.82, 2.24) is 15.4 Å². The van der Waals surface area contributed by atoms with Crippen LogP contribution in [0.1, 0.15) is 0 Å². The average molecular weight is 166 g/mol. The van der Waals surface area contributed by atoms with E-state index in [1.54, 1.807) is 0 Å². The van der Waals surface area contributed by atoms with Crippen molar-refractivity contribution in [3.63, 3.8) is 0 Å². The number of carbonyl (C=O) groups excluding carboxylic acids is 2. The maximum atomic E-state index is 10.3. The number of amides is 2. The van der Waals surface area contributed by atoms with Crippen LogP contribution in [0, 0.1) is 0 Å². The van der Waals surface area contributed by atoms with E-state index in [2.05, 4.69) is 15.4 Å². The highest BCUT2D eigenvalue weighted by Gasteiger charge is 2.02. The topological polar surface area (TPSA) is 75.2 Å². The van der Waals surface area contributed by atoms with Crippen LogP contribution in [0.2, 0.25) is 0 Å². The number of carbonyl (C=O) groups is 2. The third-order valence-corrected chi connectivity index (χ3v) is 1.09. The molecule has 0 unspecified atom stereocenters. The van der Waals surface area contributed by atoms with Crippen molar-refractivity contribution in [1.29, 1.82) is 0 Å². The Balaban J connectivity index is 2.79. The van der Waals surface area contributed by atoms with Gasteiger partial charge in [-0.05, 0) is 0 Å². The van der Waals surface area contributed by atoms with Gasteiger partial charge in [-0.2, -0.15) is 0 Å². The van der Waals surface area contributed by atoms with Crippen LogP contribution in [0.4, 0.5) is 5.82 Å². The van der Waals surface area contributed by atoms with Crippen molar-refractivity contribution in [3.8, 4) is 0 Å². The molecule has 0 aliphatic carbocycles. The quantitative estimate of drug-likeness (QED) is 0.464. The van der Waals surface area contributed by atoms with E-state index < -0.39 is 0 Å². The largest absolute Gasteiger partial charge is 0.277 e. The first-order valence-corrected chi connectivity index (χ1v) is 3.09. The summed E-state index contributed by atoms with van der Waals surface area (Å²) < 4.78 is 0. The molecule has 2 amide bonds. The maximum absolute atomic E-state index is 10.3. The van der Waals surface area contributed by atoms with Gasteiger partial charge in [0.25, 0.3) is 0 Å². The number of nitrogens with one attached hydrogen (secondary N) is 1.